The van der Waals surface area contributed by atoms with Crippen molar-refractivity contribution in [2.45, 2.75) is 31.8 Å². The third-order valence-corrected chi connectivity index (χ3v) is 6.78. The summed E-state index contributed by atoms with van der Waals surface area (Å²) in [6.45, 7) is 1.60. The second-order valence-corrected chi connectivity index (χ2v) is 8.82. The minimum atomic E-state index is -2.57. The number of fused-ring (bicyclic) bond motifs is 3. The van der Waals surface area contributed by atoms with Crippen LogP contribution < -0.4 is 10.6 Å². The van der Waals surface area contributed by atoms with Crippen molar-refractivity contribution in [1.82, 2.24) is 0 Å². The molecule has 0 saturated heterocycles. The number of aliphatic hydroxyl groups is 3. The van der Waals surface area contributed by atoms with Gasteiger partial charge in [-0.15, -0.1) is 5.92 Å². The Morgan fingerprint density at radius 3 is 2.45 bits per heavy atom. The number of carbonyl (C=O) groups is 3. The summed E-state index contributed by atoms with van der Waals surface area (Å²) in [6.07, 6.45) is -0.0128. The van der Waals surface area contributed by atoms with Crippen LogP contribution in [-0.4, -0.2) is 57.6 Å². The van der Waals surface area contributed by atoms with Gasteiger partial charge in [-0.2, -0.15) is 0 Å². The van der Waals surface area contributed by atoms with E-state index in [4.69, 9.17) is 5.73 Å². The van der Waals surface area contributed by atoms with Crippen molar-refractivity contribution in [3.8, 4) is 17.6 Å². The van der Waals surface area contributed by atoms with Crippen LogP contribution in [-0.2, 0) is 20.8 Å². The van der Waals surface area contributed by atoms with Crippen molar-refractivity contribution >= 4 is 28.9 Å². The zero-order valence-electron chi connectivity index (χ0n) is 18.4. The number of hydrogen-bond donors (Lipinski definition) is 5. The standard InChI is InChI=1S/C24H24N2O7/c1-4-5-10-8-14(26(2)3)13-7-11-6-12-9-15(27)18(23(25)32)22(31)24(12,33)21(30)16(11)20(29)17(13)19(10)28/h8,11-12,28-29,31,33H,6-7,9H2,1-3H3,(H2,25,32)/t11-,12+,24+/m1/s1. The summed E-state index contributed by atoms with van der Waals surface area (Å²) in [4.78, 5) is 39.4. The predicted molar refractivity (Wildman–Crippen MR) is 118 cm³/mol. The van der Waals surface area contributed by atoms with Gasteiger partial charge in [-0.3, -0.25) is 14.4 Å². The maximum atomic E-state index is 13.5. The van der Waals surface area contributed by atoms with Crippen LogP contribution in [0.4, 0.5) is 5.69 Å². The van der Waals surface area contributed by atoms with E-state index in [-0.39, 0.29) is 41.7 Å². The van der Waals surface area contributed by atoms with Gasteiger partial charge in [-0.05, 0) is 37.3 Å². The molecule has 172 valence electrons. The Morgan fingerprint density at radius 2 is 1.88 bits per heavy atom. The summed E-state index contributed by atoms with van der Waals surface area (Å²) in [5.41, 5.74) is 3.22. The number of ketones is 2. The van der Waals surface area contributed by atoms with Crippen molar-refractivity contribution < 1.29 is 34.8 Å². The van der Waals surface area contributed by atoms with Gasteiger partial charge in [0.1, 0.15) is 22.8 Å². The summed E-state index contributed by atoms with van der Waals surface area (Å²) in [5.74, 6) is -1.02. The molecule has 1 amide bonds. The number of amides is 1. The Labute approximate surface area is 189 Å². The minimum absolute atomic E-state index is 0.0334. The molecule has 1 saturated carbocycles. The van der Waals surface area contributed by atoms with Crippen LogP contribution in [0.5, 0.6) is 5.75 Å². The SMILES string of the molecule is CC#Cc1cc(N(C)C)c2c(c1O)C(O)=C1C(=O)[C@]3(O)C(O)=C(C(N)=O)C(=O)C[C@@H]3C[C@@H]1C2. The van der Waals surface area contributed by atoms with Crippen LogP contribution in [0, 0.1) is 23.7 Å². The number of nitrogens with two attached hydrogens (primary N) is 1. The Bertz CT molecular complexity index is 1260. The smallest absolute Gasteiger partial charge is 0.255 e. The zero-order valence-corrected chi connectivity index (χ0v) is 18.4. The fourth-order valence-corrected chi connectivity index (χ4v) is 5.30. The molecule has 3 aliphatic rings. The third-order valence-electron chi connectivity index (χ3n) is 6.78. The van der Waals surface area contributed by atoms with E-state index in [0.29, 0.717) is 11.3 Å². The molecule has 0 aromatic heterocycles. The van der Waals surface area contributed by atoms with Gasteiger partial charge in [0.05, 0.1) is 11.1 Å². The molecule has 3 aliphatic carbocycles. The zero-order chi connectivity index (χ0) is 24.4. The molecule has 0 bridgehead atoms. The van der Waals surface area contributed by atoms with E-state index in [9.17, 15) is 34.8 Å². The van der Waals surface area contributed by atoms with E-state index in [1.807, 2.05) is 0 Å². The molecule has 3 atom stereocenters. The number of anilines is 1. The molecule has 1 aromatic rings. The Balaban J connectivity index is 1.99. The summed E-state index contributed by atoms with van der Waals surface area (Å²) in [7, 11) is 3.59. The van der Waals surface area contributed by atoms with E-state index >= 15 is 0 Å². The fraction of sp³-hybridized carbons (Fsp3) is 0.375. The van der Waals surface area contributed by atoms with Gasteiger partial charge in [-0.1, -0.05) is 5.92 Å². The van der Waals surface area contributed by atoms with Crippen LogP contribution in [0.3, 0.4) is 0 Å². The van der Waals surface area contributed by atoms with Crippen molar-refractivity contribution in [2.24, 2.45) is 17.6 Å². The molecular weight excluding hydrogens is 428 g/mol. The number of benzene rings is 1. The topological polar surface area (TPSA) is 161 Å². The average Bonchev–Trinajstić information content (AvgIpc) is 2.72. The largest absolute Gasteiger partial charge is 0.508 e. The fourth-order valence-electron chi connectivity index (χ4n) is 5.30. The Morgan fingerprint density at radius 1 is 1.21 bits per heavy atom. The molecule has 0 aliphatic heterocycles. The molecule has 0 heterocycles. The molecule has 1 aromatic carbocycles. The van der Waals surface area contributed by atoms with E-state index in [1.165, 1.54) is 0 Å². The predicted octanol–water partition coefficient (Wildman–Crippen LogP) is 0.861. The van der Waals surface area contributed by atoms with E-state index in [0.717, 1.165) is 0 Å². The van der Waals surface area contributed by atoms with Crippen molar-refractivity contribution in [2.75, 3.05) is 19.0 Å². The third kappa shape index (κ3) is 2.94. The molecular formula is C24H24N2O7. The molecule has 33 heavy (non-hydrogen) atoms. The monoisotopic (exact) mass is 452 g/mol. The van der Waals surface area contributed by atoms with E-state index < -0.39 is 52.0 Å². The normalized spacial score (nSPS) is 26.2. The lowest BCUT2D eigenvalue weighted by Crippen LogP contribution is -2.58. The quantitative estimate of drug-likeness (QED) is 0.326. The first-order chi connectivity index (χ1) is 15.4. The van der Waals surface area contributed by atoms with Crippen LogP contribution in [0.25, 0.3) is 5.76 Å². The van der Waals surface area contributed by atoms with Crippen molar-refractivity contribution in [1.29, 1.82) is 0 Å². The molecule has 4 rings (SSSR count). The molecule has 0 spiro atoms. The molecule has 0 unspecified atom stereocenters. The molecule has 1 fully saturated rings. The molecule has 0 radical (unpaired) electrons. The average molecular weight is 452 g/mol. The molecule has 9 heteroatoms. The number of rotatable bonds is 2. The lowest BCUT2D eigenvalue weighted by atomic mass is 9.59. The number of primary amides is 1. The highest BCUT2D eigenvalue weighted by Gasteiger charge is 2.60. The van der Waals surface area contributed by atoms with Gasteiger partial charge >= 0.3 is 0 Å². The Kier molecular flexibility index (Phi) is 5.02. The van der Waals surface area contributed by atoms with Crippen molar-refractivity contribution in [3.05, 3.63) is 39.7 Å². The summed E-state index contributed by atoms with van der Waals surface area (Å²) in [5, 5.41) is 43.9. The second kappa shape index (κ2) is 7.39. The van der Waals surface area contributed by atoms with Gasteiger partial charge in [-0.25, -0.2) is 0 Å². The van der Waals surface area contributed by atoms with Crippen LogP contribution >= 0.6 is 0 Å². The Hall–Kier alpha value is -3.77. The highest BCUT2D eigenvalue weighted by Crippen LogP contribution is 2.53. The van der Waals surface area contributed by atoms with E-state index in [1.54, 1.807) is 32.0 Å². The van der Waals surface area contributed by atoms with Gasteiger partial charge in [0.2, 0.25) is 5.78 Å². The molecule has 9 nitrogen and oxygen atoms in total. The highest BCUT2D eigenvalue weighted by atomic mass is 16.3. The maximum absolute atomic E-state index is 13.5. The highest BCUT2D eigenvalue weighted by molar-refractivity contribution is 6.22. The van der Waals surface area contributed by atoms with Gasteiger partial charge < -0.3 is 31.1 Å². The number of carbonyl (C=O) groups excluding carboxylic acids is 3. The maximum Gasteiger partial charge on any atom is 0.255 e. The molecule has 6 N–H and O–H groups in total. The summed E-state index contributed by atoms with van der Waals surface area (Å²) >= 11 is 0. The number of phenolic OH excluding ortho intramolecular Hbond substituents is 1. The first-order valence-electron chi connectivity index (χ1n) is 10.4. The summed E-state index contributed by atoms with van der Waals surface area (Å²) in [6, 6.07) is 1.70. The second-order valence-electron chi connectivity index (χ2n) is 8.82. The minimum Gasteiger partial charge on any atom is -0.508 e. The lowest BCUT2D eigenvalue weighted by molar-refractivity contribution is -0.147. The lowest BCUT2D eigenvalue weighted by Gasteiger charge is -2.46. The number of nitrogens with zero attached hydrogens (tertiary/aromatic N) is 1. The number of hydrogen-bond acceptors (Lipinski definition) is 8. The van der Waals surface area contributed by atoms with Gasteiger partial charge in [0.15, 0.2) is 11.4 Å². The first-order valence-corrected chi connectivity index (χ1v) is 10.4. The summed E-state index contributed by atoms with van der Waals surface area (Å²) < 4.78 is 0. The van der Waals surface area contributed by atoms with Crippen LogP contribution in [0.2, 0.25) is 0 Å². The van der Waals surface area contributed by atoms with E-state index in [2.05, 4.69) is 11.8 Å². The first kappa shape index (κ1) is 22.4. The van der Waals surface area contributed by atoms with Gasteiger partial charge in [0, 0.05) is 37.7 Å². The van der Waals surface area contributed by atoms with Gasteiger partial charge in [0.25, 0.3) is 5.91 Å². The van der Waals surface area contributed by atoms with Crippen LogP contribution in [0.15, 0.2) is 23.0 Å². The number of Topliss-reactive ketones (excluding diaryl/α,β-unsaturated/α-hetero) is 2. The number of aliphatic hydroxyl groups excluding tert-OH is 2. The number of phenols is 1. The number of aromatic hydroxyl groups is 1. The van der Waals surface area contributed by atoms with Crippen LogP contribution in [0.1, 0.15) is 36.5 Å². The van der Waals surface area contributed by atoms with Crippen molar-refractivity contribution in [3.63, 3.8) is 0 Å².